The van der Waals surface area contributed by atoms with E-state index in [0.29, 0.717) is 22.3 Å². The van der Waals surface area contributed by atoms with Crippen LogP contribution in [0.1, 0.15) is 46.9 Å². The molecule has 1 aliphatic rings. The molecular formula is C23H19N3O3. The molecule has 0 aliphatic heterocycles. The largest absolute Gasteiger partial charge is 0.451 e. The van der Waals surface area contributed by atoms with Gasteiger partial charge in [0, 0.05) is 11.1 Å². The Morgan fingerprint density at radius 1 is 1.00 bits per heavy atom. The molecule has 0 radical (unpaired) electrons. The van der Waals surface area contributed by atoms with Crippen LogP contribution >= 0.6 is 0 Å². The number of pyridine rings is 1. The van der Waals surface area contributed by atoms with E-state index in [4.69, 9.17) is 9.72 Å². The number of rotatable bonds is 3. The monoisotopic (exact) mass is 385 g/mol. The normalized spacial score (nSPS) is 14.1. The molecule has 2 aromatic heterocycles. The quantitative estimate of drug-likeness (QED) is 0.541. The number of carbonyl (C=O) groups excluding carboxylic acids is 1. The second-order valence-electron chi connectivity index (χ2n) is 7.30. The summed E-state index contributed by atoms with van der Waals surface area (Å²) in [4.78, 5) is 37.5. The number of benzene rings is 2. The number of esters is 1. The fourth-order valence-corrected chi connectivity index (χ4v) is 4.02. The van der Waals surface area contributed by atoms with E-state index in [1.807, 2.05) is 30.3 Å². The number of H-pyrrole nitrogens is 1. The molecule has 1 aliphatic carbocycles. The standard InChI is InChI=1S/C23H19N3O3/c1-13(21-25-19-11-5-3-8-16(19)22(27)26-21)29-23(28)20-14-7-2-4-10-17(14)24-18-12-6-9-15(18)20/h2-5,7-8,10-11,13H,6,9,12H2,1H3,(H,25,26,27). The van der Waals surface area contributed by atoms with Crippen molar-refractivity contribution in [3.8, 4) is 0 Å². The summed E-state index contributed by atoms with van der Waals surface area (Å²) >= 11 is 0. The van der Waals surface area contributed by atoms with Crippen LogP contribution < -0.4 is 5.56 Å². The molecule has 1 unspecified atom stereocenters. The van der Waals surface area contributed by atoms with Crippen LogP contribution in [-0.4, -0.2) is 20.9 Å². The van der Waals surface area contributed by atoms with E-state index in [9.17, 15) is 9.59 Å². The number of aromatic amines is 1. The SMILES string of the molecule is CC(OC(=O)c1c2c(nc3ccccc13)CCC2)c1nc2ccccc2c(=O)[nH]1. The molecule has 0 fully saturated rings. The Morgan fingerprint density at radius 3 is 2.48 bits per heavy atom. The fraction of sp³-hybridized carbons (Fsp3) is 0.217. The number of fused-ring (bicyclic) bond motifs is 3. The summed E-state index contributed by atoms with van der Waals surface area (Å²) in [7, 11) is 0. The first-order valence-electron chi connectivity index (χ1n) is 9.72. The third-order valence-electron chi connectivity index (χ3n) is 5.42. The van der Waals surface area contributed by atoms with Crippen molar-refractivity contribution in [1.82, 2.24) is 15.0 Å². The lowest BCUT2D eigenvalue weighted by Crippen LogP contribution is -2.18. The van der Waals surface area contributed by atoms with Gasteiger partial charge < -0.3 is 9.72 Å². The summed E-state index contributed by atoms with van der Waals surface area (Å²) in [5.41, 5.74) is 3.65. The van der Waals surface area contributed by atoms with Crippen LogP contribution in [0.5, 0.6) is 0 Å². The lowest BCUT2D eigenvalue weighted by Gasteiger charge is -2.16. The van der Waals surface area contributed by atoms with Gasteiger partial charge in [0.05, 0.1) is 22.0 Å². The minimum Gasteiger partial charge on any atom is -0.451 e. The fourth-order valence-electron chi connectivity index (χ4n) is 4.02. The predicted octanol–water partition coefficient (Wildman–Crippen LogP) is 3.88. The molecule has 144 valence electrons. The van der Waals surface area contributed by atoms with Crippen molar-refractivity contribution in [2.45, 2.75) is 32.3 Å². The van der Waals surface area contributed by atoms with Gasteiger partial charge in [-0.1, -0.05) is 30.3 Å². The van der Waals surface area contributed by atoms with Gasteiger partial charge in [0.25, 0.3) is 5.56 Å². The number of para-hydroxylation sites is 2. The average Bonchev–Trinajstić information content (AvgIpc) is 3.19. The zero-order valence-electron chi connectivity index (χ0n) is 15.9. The predicted molar refractivity (Wildman–Crippen MR) is 110 cm³/mol. The molecule has 0 amide bonds. The highest BCUT2D eigenvalue weighted by atomic mass is 16.5. The van der Waals surface area contributed by atoms with Gasteiger partial charge >= 0.3 is 5.97 Å². The molecule has 4 aromatic rings. The molecular weight excluding hydrogens is 366 g/mol. The summed E-state index contributed by atoms with van der Waals surface area (Å²) in [6.45, 7) is 1.72. The summed E-state index contributed by atoms with van der Waals surface area (Å²) in [5.74, 6) is -0.0814. The van der Waals surface area contributed by atoms with Gasteiger partial charge in [0.2, 0.25) is 0 Å². The van der Waals surface area contributed by atoms with Crippen molar-refractivity contribution in [3.63, 3.8) is 0 Å². The van der Waals surface area contributed by atoms with Crippen molar-refractivity contribution in [1.29, 1.82) is 0 Å². The number of hydrogen-bond acceptors (Lipinski definition) is 5. The maximum Gasteiger partial charge on any atom is 0.339 e. The van der Waals surface area contributed by atoms with E-state index >= 15 is 0 Å². The first-order chi connectivity index (χ1) is 14.1. The van der Waals surface area contributed by atoms with E-state index in [1.54, 1.807) is 25.1 Å². The highest BCUT2D eigenvalue weighted by Crippen LogP contribution is 2.31. The van der Waals surface area contributed by atoms with Gasteiger partial charge in [0.1, 0.15) is 0 Å². The lowest BCUT2D eigenvalue weighted by molar-refractivity contribution is 0.0321. The van der Waals surface area contributed by atoms with Crippen LogP contribution in [0, 0.1) is 0 Å². The summed E-state index contributed by atoms with van der Waals surface area (Å²) in [5, 5.41) is 1.30. The molecule has 0 saturated carbocycles. The molecule has 2 heterocycles. The van der Waals surface area contributed by atoms with Crippen molar-refractivity contribution in [2.75, 3.05) is 0 Å². The third-order valence-corrected chi connectivity index (χ3v) is 5.42. The Kier molecular flexibility index (Phi) is 4.12. The van der Waals surface area contributed by atoms with Gasteiger partial charge in [-0.15, -0.1) is 0 Å². The van der Waals surface area contributed by atoms with Crippen molar-refractivity contribution >= 4 is 27.8 Å². The molecule has 2 aromatic carbocycles. The van der Waals surface area contributed by atoms with Crippen LogP contribution in [0.3, 0.4) is 0 Å². The molecule has 0 saturated heterocycles. The first kappa shape index (κ1) is 17.6. The summed E-state index contributed by atoms with van der Waals surface area (Å²) in [6.07, 6.45) is 1.98. The number of ether oxygens (including phenoxy) is 1. The smallest absolute Gasteiger partial charge is 0.339 e. The Bertz CT molecular complexity index is 1330. The summed E-state index contributed by atoms with van der Waals surface area (Å²) in [6, 6.07) is 14.7. The topological polar surface area (TPSA) is 84.9 Å². The van der Waals surface area contributed by atoms with E-state index in [1.165, 1.54) is 0 Å². The molecule has 1 atom stereocenters. The Labute approximate surface area is 166 Å². The zero-order valence-corrected chi connectivity index (χ0v) is 15.9. The molecule has 0 spiro atoms. The van der Waals surface area contributed by atoms with Gasteiger partial charge in [-0.05, 0) is 49.9 Å². The number of nitrogens with one attached hydrogen (secondary N) is 1. The Balaban J connectivity index is 1.54. The number of nitrogens with zero attached hydrogens (tertiary/aromatic N) is 2. The minimum atomic E-state index is -0.691. The Hall–Kier alpha value is -3.54. The van der Waals surface area contributed by atoms with Crippen LogP contribution in [0.4, 0.5) is 0 Å². The molecule has 0 bridgehead atoms. The van der Waals surface area contributed by atoms with Crippen LogP contribution in [0.2, 0.25) is 0 Å². The molecule has 6 nitrogen and oxygen atoms in total. The Morgan fingerprint density at radius 2 is 1.69 bits per heavy atom. The van der Waals surface area contributed by atoms with Crippen LogP contribution in [-0.2, 0) is 17.6 Å². The zero-order chi connectivity index (χ0) is 20.0. The number of aromatic nitrogens is 3. The molecule has 6 heteroatoms. The van der Waals surface area contributed by atoms with Crippen molar-refractivity contribution in [3.05, 3.63) is 81.5 Å². The van der Waals surface area contributed by atoms with Gasteiger partial charge in [-0.2, -0.15) is 0 Å². The van der Waals surface area contributed by atoms with Crippen LogP contribution in [0.15, 0.2) is 53.3 Å². The average molecular weight is 385 g/mol. The second-order valence-corrected chi connectivity index (χ2v) is 7.30. The highest BCUT2D eigenvalue weighted by Gasteiger charge is 2.26. The molecule has 5 rings (SSSR count). The van der Waals surface area contributed by atoms with Gasteiger partial charge in [-0.25, -0.2) is 9.78 Å². The van der Waals surface area contributed by atoms with E-state index in [2.05, 4.69) is 9.97 Å². The number of hydrogen-bond donors (Lipinski definition) is 1. The van der Waals surface area contributed by atoms with Crippen molar-refractivity contribution < 1.29 is 9.53 Å². The second kappa shape index (κ2) is 6.81. The lowest BCUT2D eigenvalue weighted by atomic mass is 10.0. The van der Waals surface area contributed by atoms with Crippen LogP contribution in [0.25, 0.3) is 21.8 Å². The van der Waals surface area contributed by atoms with E-state index in [-0.39, 0.29) is 5.56 Å². The van der Waals surface area contributed by atoms with Gasteiger partial charge in [-0.3, -0.25) is 9.78 Å². The van der Waals surface area contributed by atoms with Gasteiger partial charge in [0.15, 0.2) is 11.9 Å². The summed E-state index contributed by atoms with van der Waals surface area (Å²) < 4.78 is 5.76. The first-order valence-corrected chi connectivity index (χ1v) is 9.72. The minimum absolute atomic E-state index is 0.247. The highest BCUT2D eigenvalue weighted by molar-refractivity contribution is 6.05. The number of carbonyl (C=O) groups is 1. The molecule has 1 N–H and O–H groups in total. The maximum atomic E-state index is 13.2. The third kappa shape index (κ3) is 2.97. The molecule has 29 heavy (non-hydrogen) atoms. The number of aryl methyl sites for hydroxylation is 1. The van der Waals surface area contributed by atoms with E-state index in [0.717, 1.165) is 41.4 Å². The van der Waals surface area contributed by atoms with E-state index < -0.39 is 12.1 Å². The maximum absolute atomic E-state index is 13.2. The van der Waals surface area contributed by atoms with Crippen molar-refractivity contribution in [2.24, 2.45) is 0 Å².